The molecule has 9 heterocycles. The molecule has 0 radical (unpaired) electrons. The fourth-order valence-corrected chi connectivity index (χ4v) is 13.4. The second kappa shape index (κ2) is 20.4. The van der Waals surface area contributed by atoms with E-state index in [1.54, 1.807) is 36.9 Å². The number of hydrogen-bond donors (Lipinski definition) is 2. The summed E-state index contributed by atoms with van der Waals surface area (Å²) in [5, 5.41) is 5.57. The molecule has 5 aromatic rings. The molecule has 404 valence electrons. The second-order valence-electron chi connectivity index (χ2n) is 23.2. The Labute approximate surface area is 448 Å². The highest BCUT2D eigenvalue weighted by Crippen LogP contribution is 2.53. The lowest BCUT2D eigenvalue weighted by atomic mass is 9.72. The summed E-state index contributed by atoms with van der Waals surface area (Å²) in [6, 6.07) is 13.5. The number of fused-ring (bicyclic) bond motifs is 3. The lowest BCUT2D eigenvalue weighted by molar-refractivity contribution is -0.150. The van der Waals surface area contributed by atoms with Crippen LogP contribution in [0.4, 0.5) is 32.1 Å². The number of hydrogen-bond acceptors (Lipinski definition) is 12. The SMILES string of the molecule is CC(C)n1cnc2cc(-c3ccc4c(c3)N(C3CC(N5CCCCC5)C3)C(=O)C43CCN(C(=O)C4(C)CCN(C(=O)C5CCC(Oc6ccc(N7CCC(=O)NC7=O)cn6)CC5)CC4)CC3)nc(Nc3ccncc3F)c21. The van der Waals surface area contributed by atoms with E-state index in [9.17, 15) is 19.2 Å². The number of halogens is 1. The molecule has 6 fully saturated rings. The molecule has 18 nitrogen and oxygen atoms in total. The first-order chi connectivity index (χ1) is 37.2. The van der Waals surface area contributed by atoms with Crippen molar-refractivity contribution < 1.29 is 33.1 Å². The van der Waals surface area contributed by atoms with Crippen LogP contribution in [0.1, 0.15) is 122 Å². The molecule has 0 bridgehead atoms. The number of imide groups is 1. The molecule has 5 aliphatic heterocycles. The van der Waals surface area contributed by atoms with Crippen molar-refractivity contribution in [2.45, 2.75) is 140 Å². The Bertz CT molecular complexity index is 3090. The van der Waals surface area contributed by atoms with Gasteiger partial charge in [-0.25, -0.2) is 24.1 Å². The Balaban J connectivity index is 0.709. The van der Waals surface area contributed by atoms with Gasteiger partial charge in [-0.2, -0.15) is 0 Å². The number of imidazole rings is 1. The number of rotatable bonds is 11. The van der Waals surface area contributed by atoms with Crippen molar-refractivity contribution in [3.8, 4) is 17.1 Å². The molecule has 1 spiro atoms. The van der Waals surface area contributed by atoms with E-state index in [2.05, 4.69) is 69.4 Å². The van der Waals surface area contributed by atoms with E-state index < -0.39 is 22.7 Å². The first kappa shape index (κ1) is 50.8. The van der Waals surface area contributed by atoms with Crippen molar-refractivity contribution in [1.29, 1.82) is 0 Å². The minimum absolute atomic E-state index is 0.0655. The molecule has 77 heavy (non-hydrogen) atoms. The number of carbonyl (C=O) groups excluding carboxylic acids is 5. The molecular formula is C58H69FN12O6. The van der Waals surface area contributed by atoms with Crippen molar-refractivity contribution in [2.75, 3.05) is 60.9 Å². The standard InChI is InChI=1S/C58H69FN12O6/c1-36(2)70-35-62-47-32-46(64-52(51(47)70)63-45-15-21-60-34-44(45)59)38-9-13-43-48(29-38)71(41-30-40(31-41)66-22-5-4-6-23-66)55(75)58(43)19-27-68(28-20-58)54(74)57(3)17-25-67(26-18-57)53(73)37-7-11-42(12-8-37)77-50-14-10-39(33-61-50)69-24-16-49(72)65-56(69)76/h9-10,13-15,21,29,32-37,40-42H,4-8,11-12,16-20,22-28,30-31H2,1-3H3,(H,60,63,64)(H,65,72,76). The van der Waals surface area contributed by atoms with Crippen LogP contribution in [0.15, 0.2) is 67.4 Å². The smallest absolute Gasteiger partial charge is 0.328 e. The molecule has 2 aliphatic carbocycles. The monoisotopic (exact) mass is 1050 g/mol. The first-order valence-corrected chi connectivity index (χ1v) is 28.0. The van der Waals surface area contributed by atoms with E-state index >= 15 is 9.18 Å². The van der Waals surface area contributed by atoms with Gasteiger partial charge in [0.25, 0.3) is 0 Å². The van der Waals surface area contributed by atoms with Gasteiger partial charge in [0, 0.05) is 92.1 Å². The molecule has 4 saturated heterocycles. The molecule has 1 aromatic carbocycles. The summed E-state index contributed by atoms with van der Waals surface area (Å²) < 4.78 is 23.3. The summed E-state index contributed by atoms with van der Waals surface area (Å²) in [5.41, 5.74) is 4.36. The highest BCUT2D eigenvalue weighted by atomic mass is 19.1. The van der Waals surface area contributed by atoms with E-state index in [1.807, 2.05) is 20.4 Å². The quantitative estimate of drug-likeness (QED) is 0.129. The van der Waals surface area contributed by atoms with Crippen LogP contribution in [0.25, 0.3) is 22.3 Å². The fraction of sp³-hybridized carbons (Fsp3) is 0.534. The number of anilines is 4. The van der Waals surface area contributed by atoms with Crippen molar-refractivity contribution in [1.82, 2.24) is 44.5 Å². The number of benzene rings is 1. The highest BCUT2D eigenvalue weighted by molar-refractivity contribution is 6.10. The maximum absolute atomic E-state index is 15.3. The topological polar surface area (TPSA) is 191 Å². The fourth-order valence-electron chi connectivity index (χ4n) is 13.4. The zero-order valence-corrected chi connectivity index (χ0v) is 44.4. The second-order valence-corrected chi connectivity index (χ2v) is 23.2. The third-order valence-electron chi connectivity index (χ3n) is 18.2. The van der Waals surface area contributed by atoms with Gasteiger partial charge in [0.1, 0.15) is 11.6 Å². The van der Waals surface area contributed by atoms with E-state index in [4.69, 9.17) is 14.7 Å². The summed E-state index contributed by atoms with van der Waals surface area (Å²) in [4.78, 5) is 96.1. The Morgan fingerprint density at radius 1 is 0.831 bits per heavy atom. The van der Waals surface area contributed by atoms with E-state index in [-0.39, 0.29) is 59.8 Å². The number of piperidine rings is 3. The van der Waals surface area contributed by atoms with Crippen molar-refractivity contribution in [3.05, 3.63) is 78.8 Å². The lowest BCUT2D eigenvalue weighted by Crippen LogP contribution is -2.59. The average molecular weight is 1050 g/mol. The number of aromatic nitrogens is 5. The summed E-state index contributed by atoms with van der Waals surface area (Å²) in [5.74, 6) is 0.425. The summed E-state index contributed by atoms with van der Waals surface area (Å²) in [7, 11) is 0. The molecule has 12 rings (SSSR count). The van der Waals surface area contributed by atoms with E-state index in [0.29, 0.717) is 106 Å². The highest BCUT2D eigenvalue weighted by Gasteiger charge is 2.56. The van der Waals surface area contributed by atoms with Gasteiger partial charge in [-0.1, -0.05) is 25.5 Å². The minimum atomic E-state index is -0.766. The Morgan fingerprint density at radius 3 is 2.29 bits per heavy atom. The third kappa shape index (κ3) is 9.45. The van der Waals surface area contributed by atoms with Crippen LogP contribution in [0.3, 0.4) is 0 Å². The predicted molar refractivity (Wildman–Crippen MR) is 288 cm³/mol. The van der Waals surface area contributed by atoms with Gasteiger partial charge in [0.15, 0.2) is 11.6 Å². The molecule has 19 heteroatoms. The van der Waals surface area contributed by atoms with E-state index in [1.165, 1.54) is 30.4 Å². The molecule has 7 aliphatic rings. The van der Waals surface area contributed by atoms with Crippen LogP contribution in [-0.4, -0.2) is 133 Å². The molecule has 6 amide bonds. The van der Waals surface area contributed by atoms with Crippen LogP contribution >= 0.6 is 0 Å². The van der Waals surface area contributed by atoms with Crippen LogP contribution in [0.5, 0.6) is 5.88 Å². The normalized spacial score (nSPS) is 24.5. The molecule has 2 N–H and O–H groups in total. The number of carbonyl (C=O) groups is 5. The lowest BCUT2D eigenvalue weighted by Gasteiger charge is -2.48. The van der Waals surface area contributed by atoms with Gasteiger partial charge in [-0.05, 0) is 134 Å². The van der Waals surface area contributed by atoms with Crippen molar-refractivity contribution in [2.24, 2.45) is 11.3 Å². The van der Waals surface area contributed by atoms with Crippen LogP contribution < -0.4 is 25.2 Å². The average Bonchev–Trinajstić information content (AvgIpc) is 4.22. The third-order valence-corrected chi connectivity index (χ3v) is 18.2. The van der Waals surface area contributed by atoms with Crippen molar-refractivity contribution >= 4 is 63.6 Å². The van der Waals surface area contributed by atoms with Gasteiger partial charge in [0.05, 0.1) is 46.7 Å². The molecular weight excluding hydrogens is 980 g/mol. The maximum Gasteiger partial charge on any atom is 0.328 e. The Morgan fingerprint density at radius 2 is 1.58 bits per heavy atom. The van der Waals surface area contributed by atoms with Gasteiger partial charge < -0.3 is 34.2 Å². The number of likely N-dealkylation sites (tertiary alicyclic amines) is 3. The van der Waals surface area contributed by atoms with Gasteiger partial charge in [-0.3, -0.25) is 34.4 Å². The Kier molecular flexibility index (Phi) is 13.5. The molecule has 2 saturated carbocycles. The van der Waals surface area contributed by atoms with Crippen LogP contribution in [-0.2, 0) is 24.6 Å². The number of nitrogens with one attached hydrogen (secondary N) is 2. The molecule has 0 atom stereocenters. The van der Waals surface area contributed by atoms with Gasteiger partial charge in [-0.15, -0.1) is 0 Å². The molecule has 0 unspecified atom stereocenters. The maximum atomic E-state index is 15.3. The number of urea groups is 1. The summed E-state index contributed by atoms with van der Waals surface area (Å²) in [6.07, 6.45) is 16.9. The summed E-state index contributed by atoms with van der Waals surface area (Å²) >= 11 is 0. The largest absolute Gasteiger partial charge is 0.474 e. The van der Waals surface area contributed by atoms with Crippen LogP contribution in [0, 0.1) is 17.2 Å². The van der Waals surface area contributed by atoms with Crippen molar-refractivity contribution in [3.63, 3.8) is 0 Å². The number of nitrogens with zero attached hydrogens (tertiary/aromatic N) is 10. The van der Waals surface area contributed by atoms with E-state index in [0.717, 1.165) is 61.1 Å². The Hall–Kier alpha value is -7.02. The van der Waals surface area contributed by atoms with Crippen LogP contribution in [0.2, 0.25) is 0 Å². The van der Waals surface area contributed by atoms with Gasteiger partial charge in [0.2, 0.25) is 29.5 Å². The predicted octanol–water partition coefficient (Wildman–Crippen LogP) is 8.29. The summed E-state index contributed by atoms with van der Waals surface area (Å²) in [6.45, 7) is 10.7. The number of ether oxygens (including phenoxy) is 1. The first-order valence-electron chi connectivity index (χ1n) is 28.0. The zero-order valence-electron chi connectivity index (χ0n) is 44.4. The zero-order chi connectivity index (χ0) is 53.2. The van der Waals surface area contributed by atoms with Gasteiger partial charge >= 0.3 is 6.03 Å². The molecule has 4 aromatic heterocycles. The number of pyridine rings is 3. The number of amides is 6. The minimum Gasteiger partial charge on any atom is -0.474 e.